The van der Waals surface area contributed by atoms with Crippen molar-refractivity contribution in [2.75, 3.05) is 26.2 Å². The van der Waals surface area contributed by atoms with Crippen molar-refractivity contribution in [1.29, 1.82) is 0 Å². The highest BCUT2D eigenvalue weighted by molar-refractivity contribution is 6.09. The first-order valence-corrected chi connectivity index (χ1v) is 9.60. The number of nitrogens with one attached hydrogen (secondary N) is 1. The smallest absolute Gasteiger partial charge is 0.325 e. The summed E-state index contributed by atoms with van der Waals surface area (Å²) in [6, 6.07) is 6.08. The lowest BCUT2D eigenvalue weighted by atomic mass is 9.92. The molecule has 0 saturated carbocycles. The topological polar surface area (TPSA) is 116 Å². The van der Waals surface area contributed by atoms with E-state index in [0.717, 1.165) is 10.5 Å². The Morgan fingerprint density at radius 1 is 1.27 bits per heavy atom. The number of carbonyl (C=O) groups excluding carboxylic acids is 3. The van der Waals surface area contributed by atoms with Crippen LogP contribution in [0.25, 0.3) is 0 Å². The van der Waals surface area contributed by atoms with Gasteiger partial charge < -0.3 is 20.1 Å². The number of benzene rings is 1. The Hall–Kier alpha value is -3.36. The van der Waals surface area contributed by atoms with E-state index >= 15 is 0 Å². The monoisotopic (exact) mass is 417 g/mol. The van der Waals surface area contributed by atoms with E-state index < -0.39 is 35.9 Å². The number of carboxylic acids is 1. The van der Waals surface area contributed by atoms with Gasteiger partial charge in [-0.25, -0.2) is 4.79 Å². The molecular formula is C21H27N3O6. The van der Waals surface area contributed by atoms with Gasteiger partial charge in [0.15, 0.2) is 0 Å². The average Bonchev–Trinajstić information content (AvgIpc) is 2.91. The SMILES string of the molecule is C=C(C)COc1ccc(C2(C)NC(=O)N(CC(=O)N(CC)CCC(=O)O)C2=O)cc1. The number of ether oxygens (including phenoxy) is 1. The third-order valence-corrected chi connectivity index (χ3v) is 4.82. The number of carbonyl (C=O) groups is 4. The number of carboxylic acid groups (broad SMARTS) is 1. The molecule has 9 heteroatoms. The van der Waals surface area contributed by atoms with E-state index in [2.05, 4.69) is 11.9 Å². The van der Waals surface area contributed by atoms with Gasteiger partial charge in [-0.15, -0.1) is 0 Å². The maximum atomic E-state index is 13.0. The number of imide groups is 1. The van der Waals surface area contributed by atoms with Crippen LogP contribution in [-0.4, -0.2) is 65.0 Å². The minimum absolute atomic E-state index is 0.0111. The predicted octanol–water partition coefficient (Wildman–Crippen LogP) is 1.73. The first-order valence-electron chi connectivity index (χ1n) is 9.60. The Kier molecular flexibility index (Phi) is 7.20. The van der Waals surface area contributed by atoms with Crippen LogP contribution in [-0.2, 0) is 19.9 Å². The summed E-state index contributed by atoms with van der Waals surface area (Å²) in [6.07, 6.45) is -0.211. The molecule has 1 heterocycles. The van der Waals surface area contributed by atoms with E-state index in [1.54, 1.807) is 38.1 Å². The van der Waals surface area contributed by atoms with Gasteiger partial charge in [0.1, 0.15) is 24.4 Å². The van der Waals surface area contributed by atoms with Gasteiger partial charge in [0, 0.05) is 13.1 Å². The van der Waals surface area contributed by atoms with Gasteiger partial charge in [-0.3, -0.25) is 19.3 Å². The zero-order chi connectivity index (χ0) is 22.5. The highest BCUT2D eigenvalue weighted by atomic mass is 16.5. The number of hydrogen-bond donors (Lipinski definition) is 2. The lowest BCUT2D eigenvalue weighted by Crippen LogP contribution is -2.45. The van der Waals surface area contributed by atoms with Crippen molar-refractivity contribution >= 4 is 23.8 Å². The Morgan fingerprint density at radius 2 is 1.90 bits per heavy atom. The van der Waals surface area contributed by atoms with Gasteiger partial charge in [0.05, 0.1) is 6.42 Å². The molecule has 1 aromatic rings. The average molecular weight is 417 g/mol. The van der Waals surface area contributed by atoms with Crippen molar-refractivity contribution in [3.63, 3.8) is 0 Å². The highest BCUT2D eigenvalue weighted by Crippen LogP contribution is 2.30. The molecule has 0 aliphatic carbocycles. The molecule has 0 bridgehead atoms. The standard InChI is InChI=1S/C21H27N3O6/c1-5-23(11-10-18(26)27)17(25)12-24-19(28)21(4,22-20(24)29)15-6-8-16(9-7-15)30-13-14(2)3/h6-9H,2,5,10-13H2,1,3-4H3,(H,22,29)(H,26,27). The number of aliphatic carboxylic acids is 1. The molecule has 1 unspecified atom stereocenters. The lowest BCUT2D eigenvalue weighted by molar-refractivity contribution is -0.141. The van der Waals surface area contributed by atoms with Crippen LogP contribution in [0, 0.1) is 0 Å². The van der Waals surface area contributed by atoms with E-state index in [1.807, 2.05) is 6.92 Å². The Labute approximate surface area is 175 Å². The molecule has 2 N–H and O–H groups in total. The quantitative estimate of drug-likeness (QED) is 0.442. The predicted molar refractivity (Wildman–Crippen MR) is 109 cm³/mol. The zero-order valence-electron chi connectivity index (χ0n) is 17.4. The lowest BCUT2D eigenvalue weighted by Gasteiger charge is -2.24. The minimum atomic E-state index is -1.32. The number of hydrogen-bond acceptors (Lipinski definition) is 5. The molecular weight excluding hydrogens is 390 g/mol. The second kappa shape index (κ2) is 9.43. The van der Waals surface area contributed by atoms with E-state index in [1.165, 1.54) is 4.90 Å². The second-order valence-electron chi connectivity index (χ2n) is 7.33. The van der Waals surface area contributed by atoms with Crippen molar-refractivity contribution in [1.82, 2.24) is 15.1 Å². The molecule has 1 aliphatic rings. The summed E-state index contributed by atoms with van der Waals surface area (Å²) in [5.41, 5.74) is 0.105. The van der Waals surface area contributed by atoms with Crippen molar-refractivity contribution < 1.29 is 29.0 Å². The summed E-state index contributed by atoms with van der Waals surface area (Å²) in [6.45, 7) is 9.10. The van der Waals surface area contributed by atoms with Gasteiger partial charge in [0.25, 0.3) is 5.91 Å². The fourth-order valence-corrected chi connectivity index (χ4v) is 3.05. The zero-order valence-corrected chi connectivity index (χ0v) is 17.4. The summed E-state index contributed by atoms with van der Waals surface area (Å²) < 4.78 is 5.54. The normalized spacial score (nSPS) is 18.2. The summed E-state index contributed by atoms with van der Waals surface area (Å²) in [5.74, 6) is -1.47. The minimum Gasteiger partial charge on any atom is -0.489 e. The maximum absolute atomic E-state index is 13.0. The molecule has 30 heavy (non-hydrogen) atoms. The number of rotatable bonds is 10. The molecule has 2 rings (SSSR count). The molecule has 4 amide bonds. The first-order chi connectivity index (χ1) is 14.1. The van der Waals surface area contributed by atoms with Gasteiger partial charge in [-0.2, -0.15) is 0 Å². The summed E-state index contributed by atoms with van der Waals surface area (Å²) in [7, 11) is 0. The van der Waals surface area contributed by atoms with E-state index in [0.29, 0.717) is 17.9 Å². The van der Waals surface area contributed by atoms with Crippen LogP contribution in [0.15, 0.2) is 36.4 Å². The van der Waals surface area contributed by atoms with Crippen LogP contribution in [0.3, 0.4) is 0 Å². The Bertz CT molecular complexity index is 851. The molecule has 0 aromatic heterocycles. The maximum Gasteiger partial charge on any atom is 0.325 e. The summed E-state index contributed by atoms with van der Waals surface area (Å²) >= 11 is 0. The van der Waals surface area contributed by atoms with E-state index in [-0.39, 0.29) is 19.5 Å². The van der Waals surface area contributed by atoms with Crippen molar-refractivity contribution in [3.05, 3.63) is 42.0 Å². The van der Waals surface area contributed by atoms with Crippen molar-refractivity contribution in [2.45, 2.75) is 32.7 Å². The number of urea groups is 1. The van der Waals surface area contributed by atoms with E-state index in [4.69, 9.17) is 9.84 Å². The fourth-order valence-electron chi connectivity index (χ4n) is 3.05. The van der Waals surface area contributed by atoms with Crippen LogP contribution in [0.4, 0.5) is 4.79 Å². The van der Waals surface area contributed by atoms with E-state index in [9.17, 15) is 19.2 Å². The van der Waals surface area contributed by atoms with Crippen molar-refractivity contribution in [2.24, 2.45) is 0 Å². The molecule has 1 aliphatic heterocycles. The molecule has 1 fully saturated rings. The van der Waals surface area contributed by atoms with Gasteiger partial charge in [-0.05, 0) is 44.0 Å². The fraction of sp³-hybridized carbons (Fsp3) is 0.429. The third kappa shape index (κ3) is 5.16. The first kappa shape index (κ1) is 22.9. The van der Waals surface area contributed by atoms with Crippen LogP contribution in [0.5, 0.6) is 5.75 Å². The largest absolute Gasteiger partial charge is 0.489 e. The third-order valence-electron chi connectivity index (χ3n) is 4.82. The number of likely N-dealkylation sites (N-methyl/N-ethyl adjacent to an activating group) is 1. The molecule has 0 spiro atoms. The van der Waals surface area contributed by atoms with Gasteiger partial charge in [0.2, 0.25) is 5.91 Å². The van der Waals surface area contributed by atoms with Crippen LogP contribution in [0.2, 0.25) is 0 Å². The number of amides is 4. The number of nitrogens with zero attached hydrogens (tertiary/aromatic N) is 2. The second-order valence-corrected chi connectivity index (χ2v) is 7.33. The molecule has 9 nitrogen and oxygen atoms in total. The van der Waals surface area contributed by atoms with Gasteiger partial charge >= 0.3 is 12.0 Å². The highest BCUT2D eigenvalue weighted by Gasteiger charge is 2.49. The molecule has 1 saturated heterocycles. The molecule has 1 atom stereocenters. The van der Waals surface area contributed by atoms with Crippen molar-refractivity contribution in [3.8, 4) is 5.75 Å². The van der Waals surface area contributed by atoms with Crippen LogP contribution < -0.4 is 10.1 Å². The summed E-state index contributed by atoms with van der Waals surface area (Å²) in [4.78, 5) is 50.8. The van der Waals surface area contributed by atoms with Gasteiger partial charge in [-0.1, -0.05) is 18.7 Å². The summed E-state index contributed by atoms with van der Waals surface area (Å²) in [5, 5.41) is 11.4. The molecule has 0 radical (unpaired) electrons. The Balaban J connectivity index is 2.11. The molecule has 162 valence electrons. The molecule has 1 aromatic carbocycles. The van der Waals surface area contributed by atoms with Crippen LogP contribution in [0.1, 0.15) is 32.8 Å². The van der Waals surface area contributed by atoms with Crippen LogP contribution >= 0.6 is 0 Å². The Morgan fingerprint density at radius 3 is 2.43 bits per heavy atom.